The van der Waals surface area contributed by atoms with Crippen LogP contribution in [0.2, 0.25) is 0 Å². The standard InChI is InChI=1S/C10H19N/c1-8-10-6-4-3-5-9(10)7-11(8)2/h8-10H,3-7H2,1-2H3. The van der Waals surface area contributed by atoms with E-state index < -0.39 is 0 Å². The molecule has 1 nitrogen and oxygen atoms in total. The number of hydrogen-bond acceptors (Lipinski definition) is 1. The normalized spacial score (nSPS) is 45.8. The van der Waals surface area contributed by atoms with Gasteiger partial charge >= 0.3 is 0 Å². The molecule has 64 valence electrons. The van der Waals surface area contributed by atoms with E-state index in [9.17, 15) is 0 Å². The zero-order valence-corrected chi connectivity index (χ0v) is 7.71. The Hall–Kier alpha value is -0.0400. The zero-order valence-electron chi connectivity index (χ0n) is 7.71. The van der Waals surface area contributed by atoms with Crippen LogP contribution in [-0.2, 0) is 0 Å². The van der Waals surface area contributed by atoms with E-state index in [2.05, 4.69) is 18.9 Å². The highest BCUT2D eigenvalue weighted by Gasteiger charge is 2.37. The van der Waals surface area contributed by atoms with E-state index >= 15 is 0 Å². The number of hydrogen-bond donors (Lipinski definition) is 0. The Kier molecular flexibility index (Phi) is 1.92. The Balaban J connectivity index is 2.05. The number of likely N-dealkylation sites (tertiary alicyclic amines) is 1. The summed E-state index contributed by atoms with van der Waals surface area (Å²) in [5.41, 5.74) is 0. The molecule has 1 aliphatic heterocycles. The van der Waals surface area contributed by atoms with E-state index in [4.69, 9.17) is 0 Å². The Morgan fingerprint density at radius 1 is 1.18 bits per heavy atom. The van der Waals surface area contributed by atoms with Crippen LogP contribution in [0.3, 0.4) is 0 Å². The summed E-state index contributed by atoms with van der Waals surface area (Å²) in [6, 6.07) is 0.861. The lowest BCUT2D eigenvalue weighted by Gasteiger charge is -2.26. The van der Waals surface area contributed by atoms with Crippen molar-refractivity contribution >= 4 is 0 Å². The predicted molar refractivity (Wildman–Crippen MR) is 47.5 cm³/mol. The molecule has 1 aliphatic carbocycles. The molecule has 1 heterocycles. The van der Waals surface area contributed by atoms with Gasteiger partial charge in [-0.05, 0) is 38.6 Å². The first kappa shape index (κ1) is 7.60. The first-order valence-electron chi connectivity index (χ1n) is 4.99. The third kappa shape index (κ3) is 1.20. The maximum Gasteiger partial charge on any atom is 0.00953 e. The molecular formula is C10H19N. The Labute approximate surface area is 69.8 Å². The minimum atomic E-state index is 0.861. The van der Waals surface area contributed by atoms with Crippen LogP contribution >= 0.6 is 0 Å². The topological polar surface area (TPSA) is 3.24 Å². The van der Waals surface area contributed by atoms with Crippen LogP contribution in [0.15, 0.2) is 0 Å². The first-order valence-corrected chi connectivity index (χ1v) is 4.99. The molecule has 1 heteroatoms. The summed E-state index contributed by atoms with van der Waals surface area (Å²) in [6.07, 6.45) is 5.97. The molecule has 0 bridgehead atoms. The lowest BCUT2D eigenvalue weighted by molar-refractivity contribution is 0.251. The smallest absolute Gasteiger partial charge is 0.00953 e. The second kappa shape index (κ2) is 2.78. The van der Waals surface area contributed by atoms with E-state index in [1.807, 2.05) is 0 Å². The molecule has 0 aromatic carbocycles. The lowest BCUT2D eigenvalue weighted by atomic mass is 9.79. The van der Waals surface area contributed by atoms with Crippen molar-refractivity contribution in [1.82, 2.24) is 4.90 Å². The van der Waals surface area contributed by atoms with Gasteiger partial charge in [0.15, 0.2) is 0 Å². The summed E-state index contributed by atoms with van der Waals surface area (Å²) in [4.78, 5) is 2.54. The van der Waals surface area contributed by atoms with Gasteiger partial charge in [-0.25, -0.2) is 0 Å². The van der Waals surface area contributed by atoms with Gasteiger partial charge in [0.1, 0.15) is 0 Å². The molecule has 1 saturated carbocycles. The van der Waals surface area contributed by atoms with Crippen molar-refractivity contribution in [2.45, 2.75) is 38.6 Å². The first-order chi connectivity index (χ1) is 5.29. The molecule has 2 fully saturated rings. The van der Waals surface area contributed by atoms with E-state index in [-0.39, 0.29) is 0 Å². The predicted octanol–water partition coefficient (Wildman–Crippen LogP) is 2.13. The third-order valence-electron chi connectivity index (χ3n) is 3.81. The van der Waals surface area contributed by atoms with Crippen molar-refractivity contribution in [2.24, 2.45) is 11.8 Å². The summed E-state index contributed by atoms with van der Waals surface area (Å²) >= 11 is 0. The molecule has 2 aliphatic rings. The van der Waals surface area contributed by atoms with E-state index in [1.165, 1.54) is 32.2 Å². The van der Waals surface area contributed by atoms with Gasteiger partial charge in [0.05, 0.1) is 0 Å². The summed E-state index contributed by atoms with van der Waals surface area (Å²) in [5, 5.41) is 0. The van der Waals surface area contributed by atoms with E-state index in [0.717, 1.165) is 17.9 Å². The number of rotatable bonds is 0. The van der Waals surface area contributed by atoms with Gasteiger partial charge in [0.25, 0.3) is 0 Å². The largest absolute Gasteiger partial charge is 0.303 e. The summed E-state index contributed by atoms with van der Waals surface area (Å²) in [5.74, 6) is 2.08. The summed E-state index contributed by atoms with van der Waals surface area (Å²) in [6.45, 7) is 3.77. The van der Waals surface area contributed by atoms with Crippen molar-refractivity contribution in [3.8, 4) is 0 Å². The van der Waals surface area contributed by atoms with E-state index in [0.29, 0.717) is 0 Å². The average Bonchev–Trinajstić information content (AvgIpc) is 2.30. The van der Waals surface area contributed by atoms with Gasteiger partial charge in [-0.1, -0.05) is 12.8 Å². The molecule has 0 aromatic rings. The molecule has 0 radical (unpaired) electrons. The Morgan fingerprint density at radius 3 is 2.64 bits per heavy atom. The van der Waals surface area contributed by atoms with Gasteiger partial charge in [-0.2, -0.15) is 0 Å². The maximum atomic E-state index is 2.54. The average molecular weight is 153 g/mol. The van der Waals surface area contributed by atoms with Gasteiger partial charge in [-0.3, -0.25) is 0 Å². The van der Waals surface area contributed by atoms with Crippen molar-refractivity contribution in [2.75, 3.05) is 13.6 Å². The molecule has 11 heavy (non-hydrogen) atoms. The Bertz CT molecular complexity index is 144. The van der Waals surface area contributed by atoms with Gasteiger partial charge < -0.3 is 4.90 Å². The van der Waals surface area contributed by atoms with Crippen molar-refractivity contribution in [3.63, 3.8) is 0 Å². The van der Waals surface area contributed by atoms with Crippen molar-refractivity contribution in [3.05, 3.63) is 0 Å². The summed E-state index contributed by atoms with van der Waals surface area (Å²) < 4.78 is 0. The number of fused-ring (bicyclic) bond motifs is 1. The fourth-order valence-electron chi connectivity index (χ4n) is 2.96. The van der Waals surface area contributed by atoms with Crippen LogP contribution < -0.4 is 0 Å². The zero-order chi connectivity index (χ0) is 7.84. The van der Waals surface area contributed by atoms with Crippen LogP contribution in [-0.4, -0.2) is 24.5 Å². The molecule has 0 amide bonds. The van der Waals surface area contributed by atoms with Crippen LogP contribution in [0, 0.1) is 11.8 Å². The molecule has 3 atom stereocenters. The number of nitrogens with zero attached hydrogens (tertiary/aromatic N) is 1. The van der Waals surface area contributed by atoms with Gasteiger partial charge in [0, 0.05) is 12.6 Å². The van der Waals surface area contributed by atoms with Crippen LogP contribution in [0.5, 0.6) is 0 Å². The lowest BCUT2D eigenvalue weighted by Crippen LogP contribution is -2.26. The molecule has 1 saturated heterocycles. The van der Waals surface area contributed by atoms with Crippen LogP contribution in [0.25, 0.3) is 0 Å². The van der Waals surface area contributed by atoms with Crippen LogP contribution in [0.4, 0.5) is 0 Å². The molecule has 0 N–H and O–H groups in total. The highest BCUT2D eigenvalue weighted by Crippen LogP contribution is 2.39. The molecule has 0 aromatic heterocycles. The van der Waals surface area contributed by atoms with Gasteiger partial charge in [0.2, 0.25) is 0 Å². The van der Waals surface area contributed by atoms with Crippen LogP contribution in [0.1, 0.15) is 32.6 Å². The highest BCUT2D eigenvalue weighted by molar-refractivity contribution is 4.90. The second-order valence-electron chi connectivity index (χ2n) is 4.39. The summed E-state index contributed by atoms with van der Waals surface area (Å²) in [7, 11) is 2.28. The fraction of sp³-hybridized carbons (Fsp3) is 1.00. The molecular weight excluding hydrogens is 134 g/mol. The highest BCUT2D eigenvalue weighted by atomic mass is 15.2. The SMILES string of the molecule is CC1C2CCCCC2CN1C. The molecule has 3 unspecified atom stereocenters. The minimum Gasteiger partial charge on any atom is -0.303 e. The van der Waals surface area contributed by atoms with Crippen molar-refractivity contribution in [1.29, 1.82) is 0 Å². The van der Waals surface area contributed by atoms with Gasteiger partial charge in [-0.15, -0.1) is 0 Å². The Morgan fingerprint density at radius 2 is 1.91 bits per heavy atom. The molecule has 2 rings (SSSR count). The molecule has 0 spiro atoms. The van der Waals surface area contributed by atoms with Crippen molar-refractivity contribution < 1.29 is 0 Å². The quantitative estimate of drug-likeness (QED) is 0.515. The monoisotopic (exact) mass is 153 g/mol. The maximum absolute atomic E-state index is 2.54. The van der Waals surface area contributed by atoms with E-state index in [1.54, 1.807) is 0 Å². The third-order valence-corrected chi connectivity index (χ3v) is 3.81. The minimum absolute atomic E-state index is 0.861. The second-order valence-corrected chi connectivity index (χ2v) is 4.39. The fourth-order valence-corrected chi connectivity index (χ4v) is 2.96.